The van der Waals surface area contributed by atoms with E-state index in [2.05, 4.69) is 5.32 Å². The highest BCUT2D eigenvalue weighted by molar-refractivity contribution is 5.90. The van der Waals surface area contributed by atoms with Crippen molar-refractivity contribution >= 4 is 11.9 Å². The van der Waals surface area contributed by atoms with Crippen molar-refractivity contribution in [1.29, 1.82) is 0 Å². The second kappa shape index (κ2) is 9.55. The number of carbonyl (C=O) groups excluding carboxylic acids is 1. The molecule has 29 heavy (non-hydrogen) atoms. The first-order chi connectivity index (χ1) is 14.1. The number of para-hydroxylation sites is 1. The minimum Gasteiger partial charge on any atom is -0.496 e. The fraction of sp³-hybridized carbons (Fsp3) is 0.167. The first-order valence-electron chi connectivity index (χ1n) is 9.35. The number of carboxylic acids is 1. The highest BCUT2D eigenvalue weighted by Gasteiger charge is 2.28. The lowest BCUT2D eigenvalue weighted by molar-refractivity contribution is -0.141. The third kappa shape index (κ3) is 5.02. The summed E-state index contributed by atoms with van der Waals surface area (Å²) in [5, 5.41) is 12.4. The number of methoxy groups -OCH3 is 1. The lowest BCUT2D eigenvalue weighted by Crippen LogP contribution is -2.44. The molecule has 0 aliphatic carbocycles. The van der Waals surface area contributed by atoms with Crippen molar-refractivity contribution < 1.29 is 19.4 Å². The maximum absolute atomic E-state index is 13.2. The van der Waals surface area contributed by atoms with Gasteiger partial charge in [-0.25, -0.2) is 4.79 Å². The number of hydrogen-bond acceptors (Lipinski definition) is 3. The molecular weight excluding hydrogens is 366 g/mol. The summed E-state index contributed by atoms with van der Waals surface area (Å²) in [6, 6.07) is 24.8. The van der Waals surface area contributed by atoms with Crippen LogP contribution >= 0.6 is 0 Å². The van der Waals surface area contributed by atoms with Gasteiger partial charge in [0.2, 0.25) is 5.91 Å². The Bertz CT molecular complexity index is 917. The molecule has 148 valence electrons. The quantitative estimate of drug-likeness (QED) is 0.617. The molecule has 0 bridgehead atoms. The molecular formula is C24H23NO4. The molecule has 5 heteroatoms. The highest BCUT2D eigenvalue weighted by Crippen LogP contribution is 2.25. The van der Waals surface area contributed by atoms with Crippen molar-refractivity contribution in [3.63, 3.8) is 0 Å². The van der Waals surface area contributed by atoms with Crippen LogP contribution in [0.5, 0.6) is 5.75 Å². The molecule has 0 spiro atoms. The van der Waals surface area contributed by atoms with E-state index in [1.54, 1.807) is 12.1 Å². The standard InChI is InChI=1S/C24H23NO4/c1-29-21-15-9-8-14-19(21)16-20(24(27)28)25-23(26)22(17-10-4-2-5-11-17)18-12-6-3-7-13-18/h2-15,20,22H,16H2,1H3,(H,25,26)(H,27,28)/t20-/m0/s1. The Kier molecular flexibility index (Phi) is 6.63. The van der Waals surface area contributed by atoms with E-state index in [0.29, 0.717) is 5.75 Å². The maximum atomic E-state index is 13.2. The summed E-state index contributed by atoms with van der Waals surface area (Å²) in [6.45, 7) is 0. The molecule has 5 nitrogen and oxygen atoms in total. The van der Waals surface area contributed by atoms with E-state index in [1.165, 1.54) is 7.11 Å². The smallest absolute Gasteiger partial charge is 0.326 e. The Morgan fingerprint density at radius 1 is 0.862 bits per heavy atom. The Labute approximate surface area is 170 Å². The minimum atomic E-state index is -1.09. The molecule has 0 radical (unpaired) electrons. The van der Waals surface area contributed by atoms with Crippen molar-refractivity contribution in [2.75, 3.05) is 7.11 Å². The van der Waals surface area contributed by atoms with E-state index >= 15 is 0 Å². The van der Waals surface area contributed by atoms with Gasteiger partial charge >= 0.3 is 5.97 Å². The number of ether oxygens (including phenoxy) is 1. The molecule has 3 rings (SSSR count). The van der Waals surface area contributed by atoms with Gasteiger partial charge in [-0.2, -0.15) is 0 Å². The maximum Gasteiger partial charge on any atom is 0.326 e. The van der Waals surface area contributed by atoms with Gasteiger partial charge in [-0.1, -0.05) is 78.9 Å². The van der Waals surface area contributed by atoms with Gasteiger partial charge in [0, 0.05) is 6.42 Å². The lowest BCUT2D eigenvalue weighted by Gasteiger charge is -2.22. The van der Waals surface area contributed by atoms with Gasteiger partial charge in [-0.05, 0) is 22.8 Å². The summed E-state index contributed by atoms with van der Waals surface area (Å²) < 4.78 is 5.31. The van der Waals surface area contributed by atoms with Crippen molar-refractivity contribution in [3.8, 4) is 5.75 Å². The van der Waals surface area contributed by atoms with E-state index in [9.17, 15) is 14.7 Å². The van der Waals surface area contributed by atoms with Crippen LogP contribution < -0.4 is 10.1 Å². The molecule has 0 saturated carbocycles. The molecule has 2 N–H and O–H groups in total. The summed E-state index contributed by atoms with van der Waals surface area (Å²) in [7, 11) is 1.54. The van der Waals surface area contributed by atoms with E-state index in [1.807, 2.05) is 72.8 Å². The minimum absolute atomic E-state index is 0.126. The first-order valence-corrected chi connectivity index (χ1v) is 9.35. The Morgan fingerprint density at radius 3 is 1.90 bits per heavy atom. The van der Waals surface area contributed by atoms with Crippen molar-refractivity contribution in [2.45, 2.75) is 18.4 Å². The van der Waals surface area contributed by atoms with Gasteiger partial charge in [-0.3, -0.25) is 4.79 Å². The second-order valence-electron chi connectivity index (χ2n) is 6.67. The van der Waals surface area contributed by atoms with Crippen LogP contribution in [0, 0.1) is 0 Å². The molecule has 0 aromatic heterocycles. The van der Waals surface area contributed by atoms with Crippen LogP contribution in [0.1, 0.15) is 22.6 Å². The Hall–Kier alpha value is -3.60. The van der Waals surface area contributed by atoms with Crippen LogP contribution in [0.4, 0.5) is 0 Å². The largest absolute Gasteiger partial charge is 0.496 e. The third-order valence-electron chi connectivity index (χ3n) is 4.76. The van der Waals surface area contributed by atoms with E-state index in [-0.39, 0.29) is 12.3 Å². The van der Waals surface area contributed by atoms with Crippen molar-refractivity contribution in [2.24, 2.45) is 0 Å². The van der Waals surface area contributed by atoms with Crippen molar-refractivity contribution in [3.05, 3.63) is 102 Å². The van der Waals surface area contributed by atoms with Gasteiger partial charge < -0.3 is 15.2 Å². The zero-order valence-corrected chi connectivity index (χ0v) is 16.1. The van der Waals surface area contributed by atoms with Crippen LogP contribution in [0.3, 0.4) is 0 Å². The number of benzene rings is 3. The normalized spacial score (nSPS) is 11.7. The molecule has 0 aliphatic heterocycles. The predicted molar refractivity (Wildman–Crippen MR) is 111 cm³/mol. The topological polar surface area (TPSA) is 75.6 Å². The van der Waals surface area contributed by atoms with Crippen LogP contribution in [0.25, 0.3) is 0 Å². The van der Waals surface area contributed by atoms with Crippen LogP contribution in [0.15, 0.2) is 84.9 Å². The molecule has 0 fully saturated rings. The average molecular weight is 389 g/mol. The van der Waals surface area contributed by atoms with Gasteiger partial charge in [0.1, 0.15) is 11.8 Å². The number of hydrogen-bond donors (Lipinski definition) is 2. The fourth-order valence-electron chi connectivity index (χ4n) is 3.33. The molecule has 0 aliphatic rings. The summed E-state index contributed by atoms with van der Waals surface area (Å²) in [6.07, 6.45) is 0.126. The summed E-state index contributed by atoms with van der Waals surface area (Å²) in [5.74, 6) is -1.46. The van der Waals surface area contributed by atoms with E-state index in [0.717, 1.165) is 16.7 Å². The second-order valence-corrected chi connectivity index (χ2v) is 6.67. The summed E-state index contributed by atoms with van der Waals surface area (Å²) in [5.41, 5.74) is 2.33. The summed E-state index contributed by atoms with van der Waals surface area (Å²) >= 11 is 0. The zero-order valence-electron chi connectivity index (χ0n) is 16.1. The molecule has 0 heterocycles. The van der Waals surface area contributed by atoms with E-state index < -0.39 is 17.9 Å². The number of carboxylic acid groups (broad SMARTS) is 1. The number of aliphatic carboxylic acids is 1. The SMILES string of the molecule is COc1ccccc1C[C@H](NC(=O)C(c1ccccc1)c1ccccc1)C(=O)O. The zero-order chi connectivity index (χ0) is 20.6. The molecule has 0 unspecified atom stereocenters. The lowest BCUT2D eigenvalue weighted by atomic mass is 9.90. The number of nitrogens with one attached hydrogen (secondary N) is 1. The number of rotatable bonds is 8. The molecule has 3 aromatic rings. The first kappa shape index (κ1) is 20.1. The fourth-order valence-corrected chi connectivity index (χ4v) is 3.33. The number of amides is 1. The Morgan fingerprint density at radius 2 is 1.38 bits per heavy atom. The van der Waals surface area contributed by atoms with Gasteiger partial charge in [0.15, 0.2) is 0 Å². The van der Waals surface area contributed by atoms with Crippen LogP contribution in [-0.4, -0.2) is 30.1 Å². The van der Waals surface area contributed by atoms with Gasteiger partial charge in [-0.15, -0.1) is 0 Å². The third-order valence-corrected chi connectivity index (χ3v) is 4.76. The monoisotopic (exact) mass is 389 g/mol. The predicted octanol–water partition coefficient (Wildman–Crippen LogP) is 3.64. The van der Waals surface area contributed by atoms with Crippen LogP contribution in [-0.2, 0) is 16.0 Å². The molecule has 1 amide bonds. The van der Waals surface area contributed by atoms with Crippen LogP contribution in [0.2, 0.25) is 0 Å². The highest BCUT2D eigenvalue weighted by atomic mass is 16.5. The summed E-state index contributed by atoms with van der Waals surface area (Å²) in [4.78, 5) is 25.1. The molecule has 0 saturated heterocycles. The average Bonchev–Trinajstić information content (AvgIpc) is 2.75. The van der Waals surface area contributed by atoms with Gasteiger partial charge in [0.25, 0.3) is 0 Å². The molecule has 3 aromatic carbocycles. The number of carbonyl (C=O) groups is 2. The molecule has 1 atom stereocenters. The van der Waals surface area contributed by atoms with E-state index in [4.69, 9.17) is 4.74 Å². The van der Waals surface area contributed by atoms with Crippen molar-refractivity contribution in [1.82, 2.24) is 5.32 Å². The Balaban J connectivity index is 1.87. The van der Waals surface area contributed by atoms with Gasteiger partial charge in [0.05, 0.1) is 13.0 Å².